The Morgan fingerprint density at radius 3 is 2.67 bits per heavy atom. The molecule has 1 aliphatic rings. The minimum absolute atomic E-state index is 0.0476. The minimum atomic E-state index is -3.55. The van der Waals surface area contributed by atoms with E-state index in [-0.39, 0.29) is 18.3 Å². The van der Waals surface area contributed by atoms with Gasteiger partial charge in [-0.05, 0) is 29.8 Å². The van der Waals surface area contributed by atoms with Crippen molar-refractivity contribution in [1.29, 1.82) is 0 Å². The highest BCUT2D eigenvalue weighted by molar-refractivity contribution is 7.92. The van der Waals surface area contributed by atoms with Crippen LogP contribution in [0.2, 0.25) is 0 Å². The van der Waals surface area contributed by atoms with Crippen molar-refractivity contribution in [2.24, 2.45) is 0 Å². The van der Waals surface area contributed by atoms with E-state index < -0.39 is 10.0 Å². The average Bonchev–Trinajstić information content (AvgIpc) is 2.83. The lowest BCUT2D eigenvalue weighted by atomic mass is 10.1. The Morgan fingerprint density at radius 1 is 1.17 bits per heavy atom. The number of hydrogen-bond acceptors (Lipinski definition) is 4. The summed E-state index contributed by atoms with van der Waals surface area (Å²) in [5, 5.41) is 0. The molecule has 2 aromatic rings. The van der Waals surface area contributed by atoms with E-state index >= 15 is 0 Å². The Labute approximate surface area is 141 Å². The van der Waals surface area contributed by atoms with Crippen LogP contribution in [0.5, 0.6) is 5.75 Å². The van der Waals surface area contributed by atoms with Gasteiger partial charge in [-0.25, -0.2) is 8.42 Å². The second-order valence-electron chi connectivity index (χ2n) is 5.62. The molecule has 0 atom stereocenters. The third-order valence-electron chi connectivity index (χ3n) is 3.73. The third-order valence-corrected chi connectivity index (χ3v) is 4.98. The first kappa shape index (κ1) is 16.3. The molecule has 0 radical (unpaired) electrons. The topological polar surface area (TPSA) is 75.7 Å². The quantitative estimate of drug-likeness (QED) is 0.869. The Kier molecular flexibility index (Phi) is 4.44. The van der Waals surface area contributed by atoms with Crippen LogP contribution in [-0.4, -0.2) is 38.6 Å². The first-order valence-electron chi connectivity index (χ1n) is 7.51. The Balaban J connectivity index is 1.62. The molecule has 2 aromatic carbocycles. The molecule has 1 amide bonds. The van der Waals surface area contributed by atoms with Gasteiger partial charge in [-0.3, -0.25) is 9.52 Å². The third kappa shape index (κ3) is 3.68. The number of carbonyl (C=O) groups is 1. The second-order valence-corrected chi connectivity index (χ2v) is 7.46. The number of ether oxygens (including phenoxy) is 1. The number of nitrogens with zero attached hydrogens (tertiary/aromatic N) is 1. The summed E-state index contributed by atoms with van der Waals surface area (Å²) in [4.78, 5) is 13.6. The molecule has 24 heavy (non-hydrogen) atoms. The van der Waals surface area contributed by atoms with E-state index in [1.54, 1.807) is 42.3 Å². The van der Waals surface area contributed by atoms with Gasteiger partial charge in [0.25, 0.3) is 5.91 Å². The molecule has 0 spiro atoms. The summed E-state index contributed by atoms with van der Waals surface area (Å²) in [6.07, 6.45) is 0. The van der Waals surface area contributed by atoms with Gasteiger partial charge in [0, 0.05) is 24.8 Å². The molecular formula is C17H18N2O4S. The van der Waals surface area contributed by atoms with Crippen molar-refractivity contribution in [3.8, 4) is 5.75 Å². The summed E-state index contributed by atoms with van der Waals surface area (Å²) in [6, 6.07) is 14.1. The van der Waals surface area contributed by atoms with E-state index in [0.717, 1.165) is 5.56 Å². The highest BCUT2D eigenvalue weighted by Gasteiger charge is 2.24. The minimum Gasteiger partial charge on any atom is -0.492 e. The normalized spacial score (nSPS) is 13.7. The van der Waals surface area contributed by atoms with Crippen LogP contribution < -0.4 is 9.46 Å². The maximum atomic E-state index is 12.1. The van der Waals surface area contributed by atoms with E-state index in [1.165, 1.54) is 0 Å². The standard InChI is InChI=1S/C17H18N2O4S/c1-19-12-13-7-8-14(11-16(13)17(19)20)18-24(21,22)10-9-23-15-5-3-2-4-6-15/h2-8,11,18H,9-10,12H2,1H3. The lowest BCUT2D eigenvalue weighted by Gasteiger charge is -2.10. The summed E-state index contributed by atoms with van der Waals surface area (Å²) in [5.41, 5.74) is 1.83. The fraction of sp³-hybridized carbons (Fsp3) is 0.235. The molecule has 0 unspecified atom stereocenters. The summed E-state index contributed by atoms with van der Waals surface area (Å²) in [7, 11) is -1.84. The van der Waals surface area contributed by atoms with Crippen LogP contribution in [0.25, 0.3) is 0 Å². The van der Waals surface area contributed by atoms with Gasteiger partial charge in [0.15, 0.2) is 0 Å². The monoisotopic (exact) mass is 346 g/mol. The molecular weight excluding hydrogens is 328 g/mol. The van der Waals surface area contributed by atoms with Crippen LogP contribution in [0.15, 0.2) is 48.5 Å². The Bertz CT molecular complexity index is 850. The lowest BCUT2D eigenvalue weighted by Crippen LogP contribution is -2.21. The van der Waals surface area contributed by atoms with Crippen molar-refractivity contribution >= 4 is 21.6 Å². The maximum Gasteiger partial charge on any atom is 0.254 e. The fourth-order valence-corrected chi connectivity index (χ4v) is 3.42. The molecule has 0 aliphatic carbocycles. The molecule has 0 saturated heterocycles. The molecule has 1 aliphatic heterocycles. The van der Waals surface area contributed by atoms with Crippen molar-refractivity contribution in [2.75, 3.05) is 24.1 Å². The molecule has 0 bridgehead atoms. The maximum absolute atomic E-state index is 12.1. The van der Waals surface area contributed by atoms with E-state index in [4.69, 9.17) is 4.74 Å². The summed E-state index contributed by atoms with van der Waals surface area (Å²) < 4.78 is 32.2. The van der Waals surface area contributed by atoms with Crippen LogP contribution in [0.1, 0.15) is 15.9 Å². The number of carbonyl (C=O) groups excluding carboxylic acids is 1. The number of amides is 1. The molecule has 126 valence electrons. The molecule has 3 rings (SSSR count). The Morgan fingerprint density at radius 2 is 1.92 bits per heavy atom. The van der Waals surface area contributed by atoms with Crippen LogP contribution >= 0.6 is 0 Å². The van der Waals surface area contributed by atoms with Crippen LogP contribution in [-0.2, 0) is 16.6 Å². The van der Waals surface area contributed by atoms with Gasteiger partial charge in [-0.15, -0.1) is 0 Å². The first-order chi connectivity index (χ1) is 11.4. The molecule has 0 saturated carbocycles. The lowest BCUT2D eigenvalue weighted by molar-refractivity contribution is 0.0816. The number of benzene rings is 2. The van der Waals surface area contributed by atoms with Crippen molar-refractivity contribution < 1.29 is 17.9 Å². The molecule has 0 aromatic heterocycles. The van der Waals surface area contributed by atoms with E-state index in [1.807, 2.05) is 18.2 Å². The van der Waals surface area contributed by atoms with Crippen molar-refractivity contribution in [1.82, 2.24) is 4.90 Å². The Hall–Kier alpha value is -2.54. The highest BCUT2D eigenvalue weighted by atomic mass is 32.2. The average molecular weight is 346 g/mol. The van der Waals surface area contributed by atoms with Gasteiger partial charge in [0.2, 0.25) is 10.0 Å². The van der Waals surface area contributed by atoms with E-state index in [0.29, 0.717) is 23.5 Å². The number of anilines is 1. The van der Waals surface area contributed by atoms with E-state index in [9.17, 15) is 13.2 Å². The number of para-hydroxylation sites is 1. The smallest absolute Gasteiger partial charge is 0.254 e. The van der Waals surface area contributed by atoms with Gasteiger partial charge >= 0.3 is 0 Å². The van der Waals surface area contributed by atoms with Crippen LogP contribution in [0.4, 0.5) is 5.69 Å². The number of hydrogen-bond donors (Lipinski definition) is 1. The molecule has 6 nitrogen and oxygen atoms in total. The number of sulfonamides is 1. The van der Waals surface area contributed by atoms with Gasteiger partial charge in [0.05, 0.1) is 0 Å². The van der Waals surface area contributed by atoms with Gasteiger partial charge in [-0.2, -0.15) is 0 Å². The number of rotatable bonds is 6. The highest BCUT2D eigenvalue weighted by Crippen LogP contribution is 2.25. The van der Waals surface area contributed by atoms with Gasteiger partial charge < -0.3 is 9.64 Å². The molecule has 1 N–H and O–H groups in total. The largest absolute Gasteiger partial charge is 0.492 e. The van der Waals surface area contributed by atoms with Gasteiger partial charge in [0.1, 0.15) is 18.1 Å². The predicted molar refractivity (Wildman–Crippen MR) is 91.6 cm³/mol. The van der Waals surface area contributed by atoms with E-state index in [2.05, 4.69) is 4.72 Å². The molecule has 0 fully saturated rings. The molecule has 1 heterocycles. The predicted octanol–water partition coefficient (Wildman–Crippen LogP) is 2.09. The van der Waals surface area contributed by atoms with Gasteiger partial charge in [-0.1, -0.05) is 24.3 Å². The van der Waals surface area contributed by atoms with Crippen molar-refractivity contribution in [2.45, 2.75) is 6.54 Å². The summed E-state index contributed by atoms with van der Waals surface area (Å²) >= 11 is 0. The first-order valence-corrected chi connectivity index (χ1v) is 9.16. The zero-order chi connectivity index (χ0) is 17.2. The van der Waals surface area contributed by atoms with Crippen molar-refractivity contribution in [3.63, 3.8) is 0 Å². The fourth-order valence-electron chi connectivity index (χ4n) is 2.53. The second kappa shape index (κ2) is 6.52. The zero-order valence-electron chi connectivity index (χ0n) is 13.2. The summed E-state index contributed by atoms with van der Waals surface area (Å²) in [5.74, 6) is 0.352. The summed E-state index contributed by atoms with van der Waals surface area (Å²) in [6.45, 7) is 0.595. The number of fused-ring (bicyclic) bond motifs is 1. The molecule has 7 heteroatoms. The van der Waals surface area contributed by atoms with Crippen LogP contribution in [0, 0.1) is 0 Å². The SMILES string of the molecule is CN1Cc2ccc(NS(=O)(=O)CCOc3ccccc3)cc2C1=O. The van der Waals surface area contributed by atoms with Crippen LogP contribution in [0.3, 0.4) is 0 Å². The van der Waals surface area contributed by atoms with Crippen molar-refractivity contribution in [3.05, 3.63) is 59.7 Å². The number of nitrogens with one attached hydrogen (secondary N) is 1. The zero-order valence-corrected chi connectivity index (χ0v) is 14.0.